The van der Waals surface area contributed by atoms with E-state index < -0.39 is 0 Å². The molecule has 1 heterocycles. The lowest BCUT2D eigenvalue weighted by molar-refractivity contribution is 0.273. The largest absolute Gasteiger partial charge is 0.490 e. The van der Waals surface area contributed by atoms with Crippen LogP contribution in [0.5, 0.6) is 11.5 Å². The quantitative estimate of drug-likeness (QED) is 0.550. The minimum atomic E-state index is 0.620. The topological polar surface area (TPSA) is 34.2 Å². The molecule has 3 nitrogen and oxygen atoms in total. The summed E-state index contributed by atoms with van der Waals surface area (Å²) in [6.07, 6.45) is 2.17. The zero-order chi connectivity index (χ0) is 15.2. The number of benzene rings is 1. The van der Waals surface area contributed by atoms with Gasteiger partial charge in [-0.2, -0.15) is 0 Å². The number of ether oxygens (including phenoxy) is 2. The highest BCUT2D eigenvalue weighted by molar-refractivity contribution is 7.73. The van der Waals surface area contributed by atoms with Crippen molar-refractivity contribution >= 4 is 23.6 Å². The van der Waals surface area contributed by atoms with Crippen molar-refractivity contribution in [2.24, 2.45) is 0 Å². The summed E-state index contributed by atoms with van der Waals surface area (Å²) >= 11 is 6.79. The Hall–Kier alpha value is -1.33. The lowest BCUT2D eigenvalue weighted by Gasteiger charge is -2.13. The van der Waals surface area contributed by atoms with E-state index in [1.54, 1.807) is 11.3 Å². The number of nitrogens with one attached hydrogen (secondary N) is 1. The zero-order valence-corrected chi connectivity index (χ0v) is 14.3. The molecule has 0 aliphatic rings. The number of aromatic nitrogens is 1. The molecule has 21 heavy (non-hydrogen) atoms. The molecule has 0 saturated heterocycles. The van der Waals surface area contributed by atoms with Gasteiger partial charge in [-0.3, -0.25) is 0 Å². The average Bonchev–Trinajstić information content (AvgIpc) is 2.80. The third kappa shape index (κ3) is 4.08. The van der Waals surface area contributed by atoms with Crippen LogP contribution in [-0.4, -0.2) is 18.2 Å². The van der Waals surface area contributed by atoms with Gasteiger partial charge in [0.25, 0.3) is 0 Å². The van der Waals surface area contributed by atoms with Gasteiger partial charge >= 0.3 is 0 Å². The molecule has 1 aromatic carbocycles. The first-order chi connectivity index (χ1) is 10.2. The molecule has 114 valence electrons. The van der Waals surface area contributed by atoms with Gasteiger partial charge in [-0.05, 0) is 56.2 Å². The first-order valence-corrected chi connectivity index (χ1v) is 8.47. The smallest absolute Gasteiger partial charge is 0.161 e. The second-order valence-corrected chi connectivity index (χ2v) is 6.45. The SMILES string of the molecule is CCCCOc1ccc(-c2sc(=S)[nH]c2C)cc1OCC. The number of H-pyrrole nitrogens is 1. The van der Waals surface area contributed by atoms with Crippen LogP contribution in [0.4, 0.5) is 0 Å². The Kier molecular flexibility index (Phi) is 5.82. The molecule has 1 aromatic heterocycles. The van der Waals surface area contributed by atoms with Crippen LogP contribution in [0.3, 0.4) is 0 Å². The first-order valence-electron chi connectivity index (χ1n) is 7.25. The van der Waals surface area contributed by atoms with Crippen LogP contribution in [0, 0.1) is 10.9 Å². The van der Waals surface area contributed by atoms with Gasteiger partial charge in [0.1, 0.15) is 0 Å². The Morgan fingerprint density at radius 1 is 1.19 bits per heavy atom. The summed E-state index contributed by atoms with van der Waals surface area (Å²) in [5, 5.41) is 0. The molecular formula is C16H21NO2S2. The number of aryl methyl sites for hydroxylation is 1. The maximum absolute atomic E-state index is 5.81. The van der Waals surface area contributed by atoms with E-state index in [-0.39, 0.29) is 0 Å². The molecule has 0 amide bonds. The van der Waals surface area contributed by atoms with Gasteiger partial charge in [0.15, 0.2) is 15.5 Å². The average molecular weight is 323 g/mol. The predicted octanol–water partition coefficient (Wildman–Crippen LogP) is 5.36. The van der Waals surface area contributed by atoms with E-state index in [2.05, 4.69) is 18.0 Å². The number of unbranched alkanes of at least 4 members (excludes halogenated alkanes) is 1. The van der Waals surface area contributed by atoms with Crippen LogP contribution < -0.4 is 9.47 Å². The third-order valence-corrected chi connectivity index (χ3v) is 4.47. The van der Waals surface area contributed by atoms with E-state index >= 15 is 0 Å². The number of aromatic amines is 1. The second kappa shape index (κ2) is 7.61. The van der Waals surface area contributed by atoms with Gasteiger partial charge in [0.05, 0.1) is 18.1 Å². The maximum Gasteiger partial charge on any atom is 0.161 e. The maximum atomic E-state index is 5.81. The van der Waals surface area contributed by atoms with Crippen LogP contribution >= 0.6 is 23.6 Å². The van der Waals surface area contributed by atoms with E-state index in [9.17, 15) is 0 Å². The fourth-order valence-corrected chi connectivity index (χ4v) is 3.28. The van der Waals surface area contributed by atoms with Gasteiger partial charge in [-0.25, -0.2) is 0 Å². The second-order valence-electron chi connectivity index (χ2n) is 4.77. The molecule has 0 radical (unpaired) electrons. The van der Waals surface area contributed by atoms with E-state index in [1.807, 2.05) is 26.0 Å². The van der Waals surface area contributed by atoms with Crippen molar-refractivity contribution in [2.75, 3.05) is 13.2 Å². The van der Waals surface area contributed by atoms with E-state index in [0.717, 1.165) is 51.0 Å². The minimum Gasteiger partial charge on any atom is -0.490 e. The standard InChI is InChI=1S/C16H21NO2S2/c1-4-6-9-19-13-8-7-12(10-14(13)18-5-2)15-11(3)17-16(20)21-15/h7-8,10H,4-6,9H2,1-3H3,(H,17,20). The van der Waals surface area contributed by atoms with Crippen molar-refractivity contribution in [3.63, 3.8) is 0 Å². The molecule has 2 rings (SSSR count). The van der Waals surface area contributed by atoms with E-state index in [4.69, 9.17) is 21.7 Å². The van der Waals surface area contributed by atoms with Gasteiger partial charge < -0.3 is 14.5 Å². The molecule has 0 aliphatic heterocycles. The summed E-state index contributed by atoms with van der Waals surface area (Å²) in [6.45, 7) is 7.51. The number of thiazole rings is 1. The molecular weight excluding hydrogens is 302 g/mol. The molecule has 2 aromatic rings. The molecule has 0 spiro atoms. The van der Waals surface area contributed by atoms with Crippen molar-refractivity contribution in [1.29, 1.82) is 0 Å². The summed E-state index contributed by atoms with van der Waals surface area (Å²) < 4.78 is 12.3. The van der Waals surface area contributed by atoms with Crippen molar-refractivity contribution < 1.29 is 9.47 Å². The Bertz CT molecular complexity index is 646. The lowest BCUT2D eigenvalue weighted by Crippen LogP contribution is -2.00. The van der Waals surface area contributed by atoms with Gasteiger partial charge in [0, 0.05) is 5.69 Å². The summed E-state index contributed by atoms with van der Waals surface area (Å²) in [6, 6.07) is 6.08. The van der Waals surface area contributed by atoms with Crippen LogP contribution in [0.1, 0.15) is 32.4 Å². The van der Waals surface area contributed by atoms with Crippen molar-refractivity contribution in [3.8, 4) is 21.9 Å². The molecule has 0 bridgehead atoms. The Labute approximate surface area is 134 Å². The highest BCUT2D eigenvalue weighted by atomic mass is 32.1. The lowest BCUT2D eigenvalue weighted by atomic mass is 10.1. The van der Waals surface area contributed by atoms with Crippen LogP contribution in [0.2, 0.25) is 0 Å². The van der Waals surface area contributed by atoms with Gasteiger partial charge in [-0.15, -0.1) is 11.3 Å². The fourth-order valence-electron chi connectivity index (χ4n) is 2.04. The van der Waals surface area contributed by atoms with Crippen molar-refractivity contribution in [1.82, 2.24) is 4.98 Å². The number of hydrogen-bond donors (Lipinski definition) is 1. The fraction of sp³-hybridized carbons (Fsp3) is 0.438. The zero-order valence-electron chi connectivity index (χ0n) is 12.7. The van der Waals surface area contributed by atoms with Gasteiger partial charge in [0.2, 0.25) is 0 Å². The summed E-state index contributed by atoms with van der Waals surface area (Å²) in [7, 11) is 0. The number of hydrogen-bond acceptors (Lipinski definition) is 4. The van der Waals surface area contributed by atoms with Crippen LogP contribution in [-0.2, 0) is 0 Å². The number of rotatable bonds is 7. The van der Waals surface area contributed by atoms with Gasteiger partial charge in [-0.1, -0.05) is 13.3 Å². The Balaban J connectivity index is 2.30. The summed E-state index contributed by atoms with van der Waals surface area (Å²) in [4.78, 5) is 4.33. The first kappa shape index (κ1) is 16.0. The van der Waals surface area contributed by atoms with E-state index in [1.165, 1.54) is 0 Å². The molecule has 5 heteroatoms. The third-order valence-electron chi connectivity index (χ3n) is 3.09. The van der Waals surface area contributed by atoms with Crippen LogP contribution in [0.15, 0.2) is 18.2 Å². The highest BCUT2D eigenvalue weighted by Crippen LogP contribution is 2.36. The normalized spacial score (nSPS) is 10.6. The minimum absolute atomic E-state index is 0.620. The van der Waals surface area contributed by atoms with Crippen molar-refractivity contribution in [2.45, 2.75) is 33.6 Å². The monoisotopic (exact) mass is 323 g/mol. The Morgan fingerprint density at radius 2 is 2.00 bits per heavy atom. The predicted molar refractivity (Wildman–Crippen MR) is 91.2 cm³/mol. The molecule has 1 N–H and O–H groups in total. The summed E-state index contributed by atoms with van der Waals surface area (Å²) in [5.74, 6) is 1.61. The Morgan fingerprint density at radius 3 is 2.62 bits per heavy atom. The van der Waals surface area contributed by atoms with Crippen molar-refractivity contribution in [3.05, 3.63) is 27.8 Å². The van der Waals surface area contributed by atoms with Crippen LogP contribution in [0.25, 0.3) is 10.4 Å². The highest BCUT2D eigenvalue weighted by Gasteiger charge is 2.11. The molecule has 0 fully saturated rings. The molecule has 0 saturated carbocycles. The molecule has 0 unspecified atom stereocenters. The molecule has 0 atom stereocenters. The summed E-state index contributed by atoms with van der Waals surface area (Å²) in [5.41, 5.74) is 2.20. The van der Waals surface area contributed by atoms with E-state index in [0.29, 0.717) is 6.61 Å². The molecule has 0 aliphatic carbocycles.